The molecule has 0 saturated heterocycles. The van der Waals surface area contributed by atoms with Gasteiger partial charge in [-0.15, -0.1) is 0 Å². The molecule has 0 spiro atoms. The van der Waals surface area contributed by atoms with Gasteiger partial charge >= 0.3 is 0 Å². The molecule has 1 fully saturated rings. The van der Waals surface area contributed by atoms with Crippen LogP contribution >= 0.6 is 0 Å². The predicted octanol–water partition coefficient (Wildman–Crippen LogP) is 3.99. The fourth-order valence-corrected chi connectivity index (χ4v) is 2.71. The number of benzene rings is 1. The second-order valence-corrected chi connectivity index (χ2v) is 5.55. The molecule has 0 bridgehead atoms. The Balaban J connectivity index is 2.04. The normalized spacial score (nSPS) is 17.9. The molecule has 0 heterocycles. The Morgan fingerprint density at radius 2 is 2.00 bits per heavy atom. The first-order chi connectivity index (χ1) is 9.70. The first-order valence-electron chi connectivity index (χ1n) is 7.76. The summed E-state index contributed by atoms with van der Waals surface area (Å²) in [7, 11) is 0. The predicted molar refractivity (Wildman–Crippen MR) is 79.9 cm³/mol. The molecule has 1 N–H and O–H groups in total. The Kier molecular flexibility index (Phi) is 5.86. The van der Waals surface area contributed by atoms with E-state index < -0.39 is 6.10 Å². The van der Waals surface area contributed by atoms with Gasteiger partial charge in [-0.05, 0) is 44.4 Å². The van der Waals surface area contributed by atoms with Crippen molar-refractivity contribution in [2.45, 2.75) is 64.8 Å². The third-order valence-electron chi connectivity index (χ3n) is 3.89. The molecule has 1 unspecified atom stereocenters. The molecule has 0 aliphatic heterocycles. The molecule has 3 nitrogen and oxygen atoms in total. The summed E-state index contributed by atoms with van der Waals surface area (Å²) in [6.07, 6.45) is 6.14. The topological polar surface area (TPSA) is 38.7 Å². The SMILES string of the molecule is CCOc1ccc(C(C)O)cc1COC1CCCCC1. The van der Waals surface area contributed by atoms with Crippen molar-refractivity contribution in [1.29, 1.82) is 0 Å². The highest BCUT2D eigenvalue weighted by atomic mass is 16.5. The van der Waals surface area contributed by atoms with Crippen LogP contribution in [0.2, 0.25) is 0 Å². The van der Waals surface area contributed by atoms with Crippen LogP contribution in [0.1, 0.15) is 63.2 Å². The Morgan fingerprint density at radius 1 is 1.25 bits per heavy atom. The quantitative estimate of drug-likeness (QED) is 0.855. The van der Waals surface area contributed by atoms with Gasteiger partial charge in [0, 0.05) is 5.56 Å². The van der Waals surface area contributed by atoms with Crippen LogP contribution in [0.25, 0.3) is 0 Å². The summed E-state index contributed by atoms with van der Waals surface area (Å²) in [6.45, 7) is 4.97. The Morgan fingerprint density at radius 3 is 2.65 bits per heavy atom. The lowest BCUT2D eigenvalue weighted by Gasteiger charge is -2.23. The lowest BCUT2D eigenvalue weighted by Crippen LogP contribution is -2.16. The summed E-state index contributed by atoms with van der Waals surface area (Å²) in [4.78, 5) is 0. The highest BCUT2D eigenvalue weighted by Gasteiger charge is 2.15. The molecule has 1 aromatic rings. The van der Waals surface area contributed by atoms with Gasteiger partial charge in [0.25, 0.3) is 0 Å². The monoisotopic (exact) mass is 278 g/mol. The molecule has 3 heteroatoms. The van der Waals surface area contributed by atoms with Crippen LogP contribution in [-0.4, -0.2) is 17.8 Å². The molecular weight excluding hydrogens is 252 g/mol. The lowest BCUT2D eigenvalue weighted by atomic mass is 9.98. The van der Waals surface area contributed by atoms with Gasteiger partial charge < -0.3 is 14.6 Å². The summed E-state index contributed by atoms with van der Waals surface area (Å²) in [5, 5.41) is 9.70. The van der Waals surface area contributed by atoms with Crippen molar-refractivity contribution in [3.8, 4) is 5.75 Å². The fraction of sp³-hybridized carbons (Fsp3) is 0.647. The van der Waals surface area contributed by atoms with Crippen molar-refractivity contribution in [2.24, 2.45) is 0 Å². The largest absolute Gasteiger partial charge is 0.494 e. The maximum absolute atomic E-state index is 9.70. The van der Waals surface area contributed by atoms with E-state index in [1.807, 2.05) is 25.1 Å². The van der Waals surface area contributed by atoms with Crippen LogP contribution in [0.3, 0.4) is 0 Å². The van der Waals surface area contributed by atoms with Gasteiger partial charge in [-0.1, -0.05) is 25.3 Å². The first kappa shape index (κ1) is 15.3. The third-order valence-corrected chi connectivity index (χ3v) is 3.89. The number of rotatable bonds is 6. The minimum atomic E-state index is -0.459. The maximum Gasteiger partial charge on any atom is 0.124 e. The van der Waals surface area contributed by atoms with E-state index in [2.05, 4.69) is 0 Å². The molecule has 0 aromatic heterocycles. The Bertz CT molecular complexity index is 409. The molecule has 1 aromatic carbocycles. The molecule has 0 amide bonds. The van der Waals surface area contributed by atoms with Gasteiger partial charge in [-0.25, -0.2) is 0 Å². The molecule has 1 aliphatic carbocycles. The lowest BCUT2D eigenvalue weighted by molar-refractivity contribution is 0.0158. The molecule has 2 rings (SSSR count). The first-order valence-corrected chi connectivity index (χ1v) is 7.76. The molecule has 1 saturated carbocycles. The number of aliphatic hydroxyl groups excluding tert-OH is 1. The number of hydrogen-bond donors (Lipinski definition) is 1. The van der Waals surface area contributed by atoms with Gasteiger partial charge in [0.1, 0.15) is 5.75 Å². The zero-order valence-electron chi connectivity index (χ0n) is 12.6. The maximum atomic E-state index is 9.70. The summed E-state index contributed by atoms with van der Waals surface area (Å²) in [6, 6.07) is 5.85. The Hall–Kier alpha value is -1.06. The van der Waals surface area contributed by atoms with Crippen LogP contribution in [0.15, 0.2) is 18.2 Å². The van der Waals surface area contributed by atoms with E-state index in [4.69, 9.17) is 9.47 Å². The van der Waals surface area contributed by atoms with Crippen molar-refractivity contribution in [3.05, 3.63) is 29.3 Å². The zero-order valence-corrected chi connectivity index (χ0v) is 12.6. The van der Waals surface area contributed by atoms with Crippen LogP contribution in [0, 0.1) is 0 Å². The standard InChI is InChI=1S/C17H26O3/c1-3-19-17-10-9-14(13(2)18)11-15(17)12-20-16-7-5-4-6-8-16/h9-11,13,16,18H,3-8,12H2,1-2H3. The summed E-state index contributed by atoms with van der Waals surface area (Å²) >= 11 is 0. The minimum Gasteiger partial charge on any atom is -0.494 e. The summed E-state index contributed by atoms with van der Waals surface area (Å²) in [5.74, 6) is 0.868. The molecule has 1 atom stereocenters. The van der Waals surface area contributed by atoms with Gasteiger partial charge in [0.05, 0.1) is 25.4 Å². The molecule has 112 valence electrons. The van der Waals surface area contributed by atoms with Crippen LogP contribution in [0.5, 0.6) is 5.75 Å². The van der Waals surface area contributed by atoms with Crippen molar-refractivity contribution in [3.63, 3.8) is 0 Å². The van der Waals surface area contributed by atoms with E-state index in [1.165, 1.54) is 32.1 Å². The van der Waals surface area contributed by atoms with Crippen molar-refractivity contribution in [2.75, 3.05) is 6.61 Å². The van der Waals surface area contributed by atoms with Crippen LogP contribution in [-0.2, 0) is 11.3 Å². The van der Waals surface area contributed by atoms with Gasteiger partial charge in [0.15, 0.2) is 0 Å². The summed E-state index contributed by atoms with van der Waals surface area (Å²) < 4.78 is 11.7. The van der Waals surface area contributed by atoms with E-state index in [0.29, 0.717) is 19.3 Å². The van der Waals surface area contributed by atoms with Crippen molar-refractivity contribution < 1.29 is 14.6 Å². The van der Waals surface area contributed by atoms with Crippen molar-refractivity contribution in [1.82, 2.24) is 0 Å². The molecule has 0 radical (unpaired) electrons. The second kappa shape index (κ2) is 7.65. The van der Waals surface area contributed by atoms with E-state index in [9.17, 15) is 5.11 Å². The second-order valence-electron chi connectivity index (χ2n) is 5.55. The average molecular weight is 278 g/mol. The minimum absolute atomic E-state index is 0.383. The highest BCUT2D eigenvalue weighted by molar-refractivity contribution is 5.37. The van der Waals surface area contributed by atoms with Crippen LogP contribution < -0.4 is 4.74 Å². The third kappa shape index (κ3) is 4.22. The number of ether oxygens (including phenoxy) is 2. The molecule has 1 aliphatic rings. The average Bonchev–Trinajstić information content (AvgIpc) is 2.47. The van der Waals surface area contributed by atoms with Crippen LogP contribution in [0.4, 0.5) is 0 Å². The van der Waals surface area contributed by atoms with E-state index >= 15 is 0 Å². The van der Waals surface area contributed by atoms with Gasteiger partial charge in [-0.2, -0.15) is 0 Å². The van der Waals surface area contributed by atoms with Gasteiger partial charge in [-0.3, -0.25) is 0 Å². The highest BCUT2D eigenvalue weighted by Crippen LogP contribution is 2.27. The fourth-order valence-electron chi connectivity index (χ4n) is 2.71. The number of aliphatic hydroxyl groups is 1. The van der Waals surface area contributed by atoms with E-state index in [0.717, 1.165) is 16.9 Å². The zero-order chi connectivity index (χ0) is 14.4. The van der Waals surface area contributed by atoms with Crippen molar-refractivity contribution >= 4 is 0 Å². The Labute approximate surface area is 121 Å². The van der Waals surface area contributed by atoms with Gasteiger partial charge in [0.2, 0.25) is 0 Å². The van der Waals surface area contributed by atoms with E-state index in [-0.39, 0.29) is 0 Å². The van der Waals surface area contributed by atoms with E-state index in [1.54, 1.807) is 6.92 Å². The summed E-state index contributed by atoms with van der Waals surface area (Å²) in [5.41, 5.74) is 1.95. The smallest absolute Gasteiger partial charge is 0.124 e. The molecule has 20 heavy (non-hydrogen) atoms. The molecular formula is C17H26O3. The number of hydrogen-bond acceptors (Lipinski definition) is 3.